The minimum absolute atomic E-state index is 0.0667. The summed E-state index contributed by atoms with van der Waals surface area (Å²) < 4.78 is 39.7. The Morgan fingerprint density at radius 1 is 1.11 bits per heavy atom. The van der Waals surface area contributed by atoms with E-state index in [0.29, 0.717) is 31.6 Å². The SMILES string of the molecule is CC=CC12CC3CC(C1)C(O)(C(F)(F)F)C(C3)C2. The van der Waals surface area contributed by atoms with E-state index < -0.39 is 23.6 Å². The Morgan fingerprint density at radius 3 is 2.11 bits per heavy atom. The number of aliphatic hydroxyl groups is 1. The molecule has 102 valence electrons. The highest BCUT2D eigenvalue weighted by atomic mass is 19.4. The Bertz CT molecular complexity index is 369. The van der Waals surface area contributed by atoms with Crippen molar-refractivity contribution in [2.45, 2.75) is 50.8 Å². The molecule has 18 heavy (non-hydrogen) atoms. The quantitative estimate of drug-likeness (QED) is 0.713. The van der Waals surface area contributed by atoms with Gasteiger partial charge in [0.1, 0.15) is 0 Å². The summed E-state index contributed by atoms with van der Waals surface area (Å²) in [6.45, 7) is 1.93. The van der Waals surface area contributed by atoms with Crippen LogP contribution in [0.3, 0.4) is 0 Å². The van der Waals surface area contributed by atoms with Crippen LogP contribution in [0.2, 0.25) is 0 Å². The smallest absolute Gasteiger partial charge is 0.380 e. The van der Waals surface area contributed by atoms with E-state index in [1.807, 2.05) is 13.0 Å². The van der Waals surface area contributed by atoms with E-state index in [1.165, 1.54) is 0 Å². The number of hydrogen-bond acceptors (Lipinski definition) is 1. The van der Waals surface area contributed by atoms with Crippen LogP contribution in [0, 0.1) is 23.2 Å². The van der Waals surface area contributed by atoms with E-state index in [9.17, 15) is 18.3 Å². The first-order valence-corrected chi connectivity index (χ1v) is 6.74. The zero-order valence-electron chi connectivity index (χ0n) is 10.5. The molecule has 0 saturated heterocycles. The Kier molecular flexibility index (Phi) is 2.45. The zero-order valence-corrected chi connectivity index (χ0v) is 10.5. The van der Waals surface area contributed by atoms with Crippen molar-refractivity contribution < 1.29 is 18.3 Å². The molecule has 1 N–H and O–H groups in total. The second kappa shape index (κ2) is 3.53. The molecular formula is C14H19F3O. The van der Waals surface area contributed by atoms with Crippen molar-refractivity contribution in [2.75, 3.05) is 0 Å². The highest BCUT2D eigenvalue weighted by Crippen LogP contribution is 2.67. The van der Waals surface area contributed by atoms with Gasteiger partial charge in [0.05, 0.1) is 0 Å². The maximum absolute atomic E-state index is 13.2. The predicted octanol–water partition coefficient (Wildman–Crippen LogP) is 3.68. The Hall–Kier alpha value is -0.510. The summed E-state index contributed by atoms with van der Waals surface area (Å²) in [7, 11) is 0. The lowest BCUT2D eigenvalue weighted by atomic mass is 9.44. The van der Waals surface area contributed by atoms with Crippen LogP contribution >= 0.6 is 0 Å². The van der Waals surface area contributed by atoms with Gasteiger partial charge in [0.15, 0.2) is 5.60 Å². The Morgan fingerprint density at radius 2 is 1.67 bits per heavy atom. The molecule has 0 radical (unpaired) electrons. The molecule has 2 atom stereocenters. The van der Waals surface area contributed by atoms with Crippen molar-refractivity contribution in [3.8, 4) is 0 Å². The van der Waals surface area contributed by atoms with Gasteiger partial charge >= 0.3 is 6.18 Å². The van der Waals surface area contributed by atoms with Crippen molar-refractivity contribution in [2.24, 2.45) is 23.2 Å². The molecule has 2 unspecified atom stereocenters. The molecule has 4 aliphatic carbocycles. The normalized spacial score (nSPS) is 51.3. The summed E-state index contributed by atoms with van der Waals surface area (Å²) in [5, 5.41) is 10.3. The van der Waals surface area contributed by atoms with Crippen LogP contribution in [0.25, 0.3) is 0 Å². The Labute approximate surface area is 105 Å². The third kappa shape index (κ3) is 1.44. The molecule has 0 aromatic carbocycles. The first-order valence-electron chi connectivity index (χ1n) is 6.74. The standard InChI is InChI=1S/C14H19F3O/c1-2-3-12-6-9-4-10(7-12)13(18,14(15,16)17)11(5-9)8-12/h2-3,9-11,18H,4-8H2,1H3. The van der Waals surface area contributed by atoms with Crippen molar-refractivity contribution in [3.63, 3.8) is 0 Å². The number of allylic oxidation sites excluding steroid dienone is 2. The van der Waals surface area contributed by atoms with Crippen LogP contribution in [0.5, 0.6) is 0 Å². The molecule has 0 heterocycles. The lowest BCUT2D eigenvalue weighted by Gasteiger charge is -2.62. The fourth-order valence-corrected chi connectivity index (χ4v) is 5.07. The Balaban J connectivity index is 1.99. The summed E-state index contributed by atoms with van der Waals surface area (Å²) in [5.41, 5.74) is -2.49. The van der Waals surface area contributed by atoms with Crippen LogP contribution in [0.4, 0.5) is 13.2 Å². The fourth-order valence-electron chi connectivity index (χ4n) is 5.07. The van der Waals surface area contributed by atoms with E-state index in [2.05, 4.69) is 6.08 Å². The van der Waals surface area contributed by atoms with E-state index in [4.69, 9.17) is 0 Å². The van der Waals surface area contributed by atoms with Gasteiger partial charge in [0, 0.05) is 0 Å². The maximum Gasteiger partial charge on any atom is 0.417 e. The van der Waals surface area contributed by atoms with Crippen LogP contribution in [0.15, 0.2) is 12.2 Å². The molecule has 0 aromatic rings. The van der Waals surface area contributed by atoms with E-state index in [-0.39, 0.29) is 5.41 Å². The first kappa shape index (κ1) is 12.5. The lowest BCUT2D eigenvalue weighted by molar-refractivity contribution is -0.337. The molecule has 0 spiro atoms. The van der Waals surface area contributed by atoms with Crippen LogP contribution < -0.4 is 0 Å². The summed E-state index contributed by atoms with van der Waals surface area (Å²) in [6, 6.07) is 0. The summed E-state index contributed by atoms with van der Waals surface area (Å²) >= 11 is 0. The summed E-state index contributed by atoms with van der Waals surface area (Å²) in [6.07, 6.45) is 2.68. The highest BCUT2D eigenvalue weighted by molar-refractivity contribution is 5.18. The minimum Gasteiger partial charge on any atom is -0.380 e. The molecule has 4 saturated carbocycles. The van der Waals surface area contributed by atoms with E-state index >= 15 is 0 Å². The van der Waals surface area contributed by atoms with Crippen LogP contribution in [0.1, 0.15) is 39.0 Å². The predicted molar refractivity (Wildman–Crippen MR) is 61.8 cm³/mol. The lowest BCUT2D eigenvalue weighted by Crippen LogP contribution is -2.66. The summed E-state index contributed by atoms with van der Waals surface area (Å²) in [5.74, 6) is -0.818. The maximum atomic E-state index is 13.2. The van der Waals surface area contributed by atoms with Crippen molar-refractivity contribution in [1.29, 1.82) is 0 Å². The molecule has 4 bridgehead atoms. The van der Waals surface area contributed by atoms with Gasteiger partial charge in [-0.1, -0.05) is 12.2 Å². The van der Waals surface area contributed by atoms with Gasteiger partial charge in [-0.3, -0.25) is 0 Å². The fraction of sp³-hybridized carbons (Fsp3) is 0.857. The molecule has 4 rings (SSSR count). The second-order valence-corrected chi connectivity index (χ2v) is 6.53. The van der Waals surface area contributed by atoms with Crippen molar-refractivity contribution in [3.05, 3.63) is 12.2 Å². The largest absolute Gasteiger partial charge is 0.417 e. The molecular weight excluding hydrogens is 241 g/mol. The second-order valence-electron chi connectivity index (χ2n) is 6.53. The van der Waals surface area contributed by atoms with Crippen molar-refractivity contribution in [1.82, 2.24) is 0 Å². The average Bonchev–Trinajstić information content (AvgIpc) is 2.22. The van der Waals surface area contributed by atoms with Gasteiger partial charge in [-0.15, -0.1) is 0 Å². The third-order valence-corrected chi connectivity index (χ3v) is 5.46. The number of alkyl halides is 3. The van der Waals surface area contributed by atoms with E-state index in [1.54, 1.807) is 0 Å². The third-order valence-electron chi connectivity index (χ3n) is 5.46. The molecule has 4 aliphatic rings. The minimum atomic E-state index is -4.48. The molecule has 0 amide bonds. The average molecular weight is 260 g/mol. The first-order chi connectivity index (χ1) is 8.31. The van der Waals surface area contributed by atoms with Gasteiger partial charge in [-0.05, 0) is 62.2 Å². The van der Waals surface area contributed by atoms with Gasteiger partial charge < -0.3 is 5.11 Å². The van der Waals surface area contributed by atoms with Gasteiger partial charge in [0.25, 0.3) is 0 Å². The number of rotatable bonds is 1. The number of hydrogen-bond donors (Lipinski definition) is 1. The van der Waals surface area contributed by atoms with Gasteiger partial charge in [0.2, 0.25) is 0 Å². The monoisotopic (exact) mass is 260 g/mol. The van der Waals surface area contributed by atoms with Crippen molar-refractivity contribution >= 4 is 0 Å². The zero-order chi connectivity index (χ0) is 13.2. The van der Waals surface area contributed by atoms with Crippen LogP contribution in [-0.4, -0.2) is 16.9 Å². The van der Waals surface area contributed by atoms with Gasteiger partial charge in [-0.2, -0.15) is 13.2 Å². The molecule has 4 fully saturated rings. The molecule has 0 aliphatic heterocycles. The summed E-state index contributed by atoms with van der Waals surface area (Å²) in [4.78, 5) is 0. The van der Waals surface area contributed by atoms with Gasteiger partial charge in [-0.25, -0.2) is 0 Å². The number of halogens is 3. The molecule has 0 aromatic heterocycles. The van der Waals surface area contributed by atoms with E-state index in [0.717, 1.165) is 6.42 Å². The highest BCUT2D eigenvalue weighted by Gasteiger charge is 2.70. The van der Waals surface area contributed by atoms with Crippen LogP contribution in [-0.2, 0) is 0 Å². The molecule has 1 nitrogen and oxygen atoms in total. The topological polar surface area (TPSA) is 20.2 Å². The molecule has 4 heteroatoms.